The smallest absolute Gasteiger partial charge is 0.235 e. The zero-order valence-electron chi connectivity index (χ0n) is 21.1. The van der Waals surface area contributed by atoms with Crippen LogP contribution < -0.4 is 5.73 Å². The first-order chi connectivity index (χ1) is 17.5. The van der Waals surface area contributed by atoms with E-state index in [0.717, 1.165) is 32.4 Å². The first-order valence-electron chi connectivity index (χ1n) is 12.9. The fourth-order valence-corrected chi connectivity index (χ4v) is 7.11. The van der Waals surface area contributed by atoms with Crippen molar-refractivity contribution >= 4 is 29.0 Å². The minimum Gasteiger partial charge on any atom is -0.507 e. The highest BCUT2D eigenvalue weighted by atomic mass is 16.3. The third-order valence-electron chi connectivity index (χ3n) is 8.86. The molecule has 2 saturated carbocycles. The van der Waals surface area contributed by atoms with Crippen LogP contribution in [0.15, 0.2) is 12.1 Å². The maximum absolute atomic E-state index is 13.8. The standard InChI is InChI=1S/C27H33N3O7/c1-29(2)20-16-11-15-10-13-6-7-14(12-30-8-4-3-5-9-30)21(31)17(13)22(32)18(15)24(34)27(16,37)25(35)19(23(20)33)26(28)36/h6-7,15-16,18-20,31,37H,3-5,8-12H2,1-2H3,(H2,28,36)/t15-,16-,18?,19?,20+,27-/m0/s1. The Morgan fingerprint density at radius 2 is 1.78 bits per heavy atom. The van der Waals surface area contributed by atoms with Gasteiger partial charge in [-0.2, -0.15) is 0 Å². The lowest BCUT2D eigenvalue weighted by Crippen LogP contribution is -2.74. The summed E-state index contributed by atoms with van der Waals surface area (Å²) in [4.78, 5) is 69.8. The van der Waals surface area contributed by atoms with E-state index < -0.39 is 64.4 Å². The Bertz CT molecular complexity index is 1200. The zero-order chi connectivity index (χ0) is 26.8. The number of piperidine rings is 1. The van der Waals surface area contributed by atoms with Gasteiger partial charge in [-0.3, -0.25) is 33.8 Å². The molecule has 0 aromatic heterocycles. The zero-order valence-corrected chi connectivity index (χ0v) is 21.1. The Hall–Kier alpha value is -2.95. The van der Waals surface area contributed by atoms with Gasteiger partial charge in [0.1, 0.15) is 5.75 Å². The van der Waals surface area contributed by atoms with Crippen LogP contribution in [-0.4, -0.2) is 87.9 Å². The van der Waals surface area contributed by atoms with Gasteiger partial charge in [0.25, 0.3) is 0 Å². The molecule has 4 aliphatic rings. The van der Waals surface area contributed by atoms with Crippen molar-refractivity contribution in [2.45, 2.75) is 50.3 Å². The molecule has 4 N–H and O–H groups in total. The molecule has 0 bridgehead atoms. The van der Waals surface area contributed by atoms with Gasteiger partial charge in [0, 0.05) is 18.0 Å². The van der Waals surface area contributed by atoms with E-state index in [0.29, 0.717) is 17.7 Å². The third-order valence-corrected chi connectivity index (χ3v) is 8.86. The van der Waals surface area contributed by atoms with Crippen LogP contribution in [0.2, 0.25) is 0 Å². The number of carbonyl (C=O) groups excluding carboxylic acids is 5. The number of benzene rings is 1. The fraction of sp³-hybridized carbons (Fsp3) is 0.593. The predicted octanol–water partition coefficient (Wildman–Crippen LogP) is -0.147. The van der Waals surface area contributed by atoms with Gasteiger partial charge >= 0.3 is 0 Å². The number of primary amides is 1. The molecule has 1 aliphatic heterocycles. The summed E-state index contributed by atoms with van der Waals surface area (Å²) < 4.78 is 0. The highest BCUT2D eigenvalue weighted by Crippen LogP contribution is 2.50. The van der Waals surface area contributed by atoms with Gasteiger partial charge in [-0.1, -0.05) is 18.6 Å². The number of nitrogens with two attached hydrogens (primary N) is 1. The molecule has 0 radical (unpaired) electrons. The third kappa shape index (κ3) is 3.76. The molecule has 1 aromatic rings. The number of hydrogen-bond donors (Lipinski definition) is 3. The normalized spacial score (nSPS) is 34.2. The van der Waals surface area contributed by atoms with Gasteiger partial charge in [0.15, 0.2) is 34.7 Å². The average molecular weight is 512 g/mol. The Morgan fingerprint density at radius 1 is 1.11 bits per heavy atom. The summed E-state index contributed by atoms with van der Waals surface area (Å²) in [5, 5.41) is 22.7. The lowest BCUT2D eigenvalue weighted by Gasteiger charge is -2.52. The van der Waals surface area contributed by atoms with E-state index in [4.69, 9.17) is 5.73 Å². The highest BCUT2D eigenvalue weighted by Gasteiger charge is 2.69. The molecule has 1 saturated heterocycles. The maximum Gasteiger partial charge on any atom is 0.235 e. The van der Waals surface area contributed by atoms with Crippen LogP contribution in [0.1, 0.15) is 47.2 Å². The second-order valence-electron chi connectivity index (χ2n) is 11.2. The number of carbonyl (C=O) groups is 5. The van der Waals surface area contributed by atoms with Crippen LogP contribution in [0.4, 0.5) is 0 Å². The van der Waals surface area contributed by atoms with Crippen LogP contribution >= 0.6 is 0 Å². The second-order valence-corrected chi connectivity index (χ2v) is 11.2. The highest BCUT2D eigenvalue weighted by molar-refractivity contribution is 6.32. The Labute approximate surface area is 214 Å². The number of ketones is 4. The molecule has 1 aromatic carbocycles. The van der Waals surface area contributed by atoms with Gasteiger partial charge in [0.05, 0.1) is 17.5 Å². The van der Waals surface area contributed by atoms with Crippen molar-refractivity contribution in [2.75, 3.05) is 27.2 Å². The first kappa shape index (κ1) is 25.7. The summed E-state index contributed by atoms with van der Waals surface area (Å²) in [6, 6.07) is 2.52. The summed E-state index contributed by atoms with van der Waals surface area (Å²) in [6.45, 7) is 2.28. The topological polar surface area (TPSA) is 158 Å². The number of hydrogen-bond acceptors (Lipinski definition) is 9. The molecule has 3 aliphatic carbocycles. The van der Waals surface area contributed by atoms with Crippen LogP contribution in [0.25, 0.3) is 0 Å². The second kappa shape index (κ2) is 9.11. The number of phenolic OH excluding ortho intramolecular Hbond substituents is 1. The number of phenols is 1. The number of fused-ring (bicyclic) bond motifs is 3. The molecule has 10 heteroatoms. The van der Waals surface area contributed by atoms with Crippen LogP contribution in [0, 0.1) is 23.7 Å². The molecule has 198 valence electrons. The number of amides is 1. The first-order valence-corrected chi connectivity index (χ1v) is 12.9. The molecule has 6 atom stereocenters. The van der Waals surface area contributed by atoms with E-state index in [1.807, 2.05) is 6.07 Å². The molecular formula is C27H33N3O7. The van der Waals surface area contributed by atoms with Crippen molar-refractivity contribution in [3.05, 3.63) is 28.8 Å². The van der Waals surface area contributed by atoms with Crippen molar-refractivity contribution in [2.24, 2.45) is 29.4 Å². The molecular weight excluding hydrogens is 478 g/mol. The van der Waals surface area contributed by atoms with Crippen molar-refractivity contribution in [1.29, 1.82) is 0 Å². The average Bonchev–Trinajstić information content (AvgIpc) is 2.83. The summed E-state index contributed by atoms with van der Waals surface area (Å²) in [6.07, 6.45) is 3.64. The summed E-state index contributed by atoms with van der Waals surface area (Å²) in [5.74, 6) is -10.0. The van der Waals surface area contributed by atoms with E-state index in [2.05, 4.69) is 4.90 Å². The van der Waals surface area contributed by atoms with Crippen LogP contribution in [0.3, 0.4) is 0 Å². The van der Waals surface area contributed by atoms with Crippen molar-refractivity contribution < 1.29 is 34.2 Å². The quantitative estimate of drug-likeness (QED) is 0.468. The minimum atomic E-state index is -2.70. The minimum absolute atomic E-state index is 0.0557. The number of likely N-dealkylation sites (N-methyl/N-ethyl adjacent to an activating group) is 1. The number of aliphatic hydroxyl groups is 1. The summed E-state index contributed by atoms with van der Waals surface area (Å²) in [5.41, 5.74) is 3.90. The molecule has 0 spiro atoms. The molecule has 5 rings (SSSR count). The number of aromatic hydroxyl groups is 1. The predicted molar refractivity (Wildman–Crippen MR) is 130 cm³/mol. The maximum atomic E-state index is 13.8. The van der Waals surface area contributed by atoms with Crippen molar-refractivity contribution in [3.63, 3.8) is 0 Å². The monoisotopic (exact) mass is 511 g/mol. The molecule has 1 heterocycles. The summed E-state index contributed by atoms with van der Waals surface area (Å²) in [7, 11) is 3.13. The van der Waals surface area contributed by atoms with Crippen molar-refractivity contribution in [3.8, 4) is 5.75 Å². The molecule has 2 unspecified atom stereocenters. The van der Waals surface area contributed by atoms with Gasteiger partial charge in [-0.15, -0.1) is 0 Å². The van der Waals surface area contributed by atoms with Gasteiger partial charge in [0.2, 0.25) is 5.91 Å². The lowest BCUT2D eigenvalue weighted by atomic mass is 9.52. The van der Waals surface area contributed by atoms with Gasteiger partial charge < -0.3 is 15.9 Å². The van der Waals surface area contributed by atoms with E-state index >= 15 is 0 Å². The molecule has 1 amide bonds. The van der Waals surface area contributed by atoms with Crippen LogP contribution in [0.5, 0.6) is 5.75 Å². The summed E-state index contributed by atoms with van der Waals surface area (Å²) >= 11 is 0. The van der Waals surface area contributed by atoms with E-state index in [9.17, 15) is 34.2 Å². The molecule has 37 heavy (non-hydrogen) atoms. The van der Waals surface area contributed by atoms with E-state index in [1.54, 1.807) is 20.2 Å². The van der Waals surface area contributed by atoms with Crippen molar-refractivity contribution in [1.82, 2.24) is 9.80 Å². The Kier molecular flexibility index (Phi) is 6.32. The largest absolute Gasteiger partial charge is 0.507 e. The van der Waals surface area contributed by atoms with E-state index in [-0.39, 0.29) is 24.2 Å². The SMILES string of the molecule is CN(C)[C@H]1C(=O)C(C(N)=O)C(=O)[C@@]2(O)C(=O)C3C(=O)c4c(ccc(CN5CCCCC5)c4O)C[C@H]3C[C@@H]12. The fourth-order valence-electron chi connectivity index (χ4n) is 7.11. The van der Waals surface area contributed by atoms with Crippen LogP contribution in [-0.2, 0) is 32.1 Å². The number of rotatable bonds is 4. The Morgan fingerprint density at radius 3 is 2.41 bits per heavy atom. The number of likely N-dealkylation sites (tertiary alicyclic amines) is 1. The number of nitrogens with zero attached hydrogens (tertiary/aromatic N) is 2. The Balaban J connectivity index is 1.54. The molecule has 10 nitrogen and oxygen atoms in total. The number of Topliss-reactive ketones (excluding diaryl/α,β-unsaturated/α-hetero) is 4. The lowest BCUT2D eigenvalue weighted by molar-refractivity contribution is -0.181. The van der Waals surface area contributed by atoms with Gasteiger partial charge in [-0.25, -0.2) is 0 Å². The van der Waals surface area contributed by atoms with E-state index in [1.165, 1.54) is 4.90 Å². The van der Waals surface area contributed by atoms with Gasteiger partial charge in [-0.05, 0) is 64.3 Å². The molecule has 3 fully saturated rings.